The number of nitrogens with zero attached hydrogens (tertiary/aromatic N) is 4. The number of H-pyrrole nitrogens is 1. The number of hydrogen-bond acceptors (Lipinski definition) is 4. The zero-order valence-electron chi connectivity index (χ0n) is 16.8. The van der Waals surface area contributed by atoms with Crippen LogP contribution in [0.4, 0.5) is 11.4 Å². The minimum atomic E-state index is -0.996. The highest BCUT2D eigenvalue weighted by atomic mass is 35.5. The number of benzene rings is 2. The number of rotatable bonds is 4. The van der Waals surface area contributed by atoms with Crippen LogP contribution in [0.25, 0.3) is 33.3 Å². The van der Waals surface area contributed by atoms with Gasteiger partial charge in [0.15, 0.2) is 0 Å². The molecule has 3 aromatic heterocycles. The molecule has 0 saturated heterocycles. The van der Waals surface area contributed by atoms with Gasteiger partial charge in [-0.1, -0.05) is 17.7 Å². The number of aromatic amines is 1. The minimum absolute atomic E-state index is 0.188. The molecule has 154 valence electrons. The molecule has 0 spiro atoms. The molecule has 3 heterocycles. The van der Waals surface area contributed by atoms with E-state index in [4.69, 9.17) is 11.6 Å². The van der Waals surface area contributed by atoms with Gasteiger partial charge < -0.3 is 15.0 Å². The van der Waals surface area contributed by atoms with Crippen LogP contribution in [0.15, 0.2) is 60.8 Å². The van der Waals surface area contributed by atoms with Gasteiger partial charge in [0.05, 0.1) is 33.5 Å². The van der Waals surface area contributed by atoms with Crippen molar-refractivity contribution in [3.05, 3.63) is 71.4 Å². The van der Waals surface area contributed by atoms with Crippen molar-refractivity contribution in [1.29, 1.82) is 0 Å². The van der Waals surface area contributed by atoms with Crippen LogP contribution in [0.3, 0.4) is 0 Å². The summed E-state index contributed by atoms with van der Waals surface area (Å²) in [5.74, 6) is -0.996. The molecular weight excluding hydrogens is 414 g/mol. The molecule has 0 unspecified atom stereocenters. The molecule has 0 bridgehead atoms. The van der Waals surface area contributed by atoms with Gasteiger partial charge in [-0.2, -0.15) is 5.10 Å². The number of pyridine rings is 1. The summed E-state index contributed by atoms with van der Waals surface area (Å²) in [6, 6.07) is 17.1. The minimum Gasteiger partial charge on any atom is -0.478 e. The average molecular weight is 432 g/mol. The normalized spacial score (nSPS) is 11.3. The van der Waals surface area contributed by atoms with Gasteiger partial charge in [-0.15, -0.1) is 0 Å². The average Bonchev–Trinajstić information content (AvgIpc) is 3.31. The molecule has 0 radical (unpaired) electrons. The summed E-state index contributed by atoms with van der Waals surface area (Å²) in [6.45, 7) is 0. The first-order chi connectivity index (χ1) is 14.9. The second kappa shape index (κ2) is 7.14. The van der Waals surface area contributed by atoms with Gasteiger partial charge in [0, 0.05) is 42.1 Å². The molecule has 0 amide bonds. The SMILES string of the molecule is CN(c1cccc(Cl)c1)c1ccc2c(-c3cc4nccc(C(=O)O)c4[nH]3)n(C)nc2c1. The molecule has 7 nitrogen and oxygen atoms in total. The number of aryl methyl sites for hydroxylation is 1. The Bertz CT molecular complexity index is 1470. The van der Waals surface area contributed by atoms with Crippen LogP contribution in [0.5, 0.6) is 0 Å². The zero-order valence-corrected chi connectivity index (χ0v) is 17.6. The van der Waals surface area contributed by atoms with E-state index >= 15 is 0 Å². The predicted octanol–water partition coefficient (Wildman–Crippen LogP) is 5.24. The monoisotopic (exact) mass is 431 g/mol. The van der Waals surface area contributed by atoms with Crippen LogP contribution >= 0.6 is 11.6 Å². The Morgan fingerprint density at radius 3 is 2.68 bits per heavy atom. The van der Waals surface area contributed by atoms with Gasteiger partial charge in [-0.05, 0) is 48.5 Å². The predicted molar refractivity (Wildman–Crippen MR) is 122 cm³/mol. The van der Waals surface area contributed by atoms with Gasteiger partial charge in [-0.3, -0.25) is 9.67 Å². The molecule has 8 heteroatoms. The molecule has 0 fully saturated rings. The van der Waals surface area contributed by atoms with Crippen molar-refractivity contribution in [2.75, 3.05) is 11.9 Å². The van der Waals surface area contributed by atoms with Crippen molar-refractivity contribution in [1.82, 2.24) is 19.7 Å². The molecule has 0 atom stereocenters. The molecule has 2 aromatic carbocycles. The third kappa shape index (κ3) is 3.19. The Morgan fingerprint density at radius 2 is 1.90 bits per heavy atom. The van der Waals surface area contributed by atoms with Crippen LogP contribution < -0.4 is 4.90 Å². The summed E-state index contributed by atoms with van der Waals surface area (Å²) < 4.78 is 1.79. The third-order valence-electron chi connectivity index (χ3n) is 5.41. The lowest BCUT2D eigenvalue weighted by atomic mass is 10.1. The highest BCUT2D eigenvalue weighted by molar-refractivity contribution is 6.30. The topological polar surface area (TPSA) is 87.0 Å². The number of fused-ring (bicyclic) bond motifs is 2. The first-order valence-electron chi connectivity index (χ1n) is 9.60. The first kappa shape index (κ1) is 19.1. The van der Waals surface area contributed by atoms with E-state index in [0.717, 1.165) is 33.7 Å². The quantitative estimate of drug-likeness (QED) is 0.406. The Morgan fingerprint density at radius 1 is 1.10 bits per heavy atom. The van der Waals surface area contributed by atoms with Crippen molar-refractivity contribution in [3.63, 3.8) is 0 Å². The lowest BCUT2D eigenvalue weighted by Crippen LogP contribution is -2.08. The van der Waals surface area contributed by atoms with E-state index in [2.05, 4.69) is 15.1 Å². The van der Waals surface area contributed by atoms with Crippen LogP contribution in [0, 0.1) is 0 Å². The number of aromatic carboxylic acids is 1. The maximum Gasteiger partial charge on any atom is 0.337 e. The van der Waals surface area contributed by atoms with Crippen molar-refractivity contribution >= 4 is 50.9 Å². The molecule has 0 aliphatic heterocycles. The van der Waals surface area contributed by atoms with Gasteiger partial charge in [-0.25, -0.2) is 4.79 Å². The summed E-state index contributed by atoms with van der Waals surface area (Å²) in [4.78, 5) is 21.1. The summed E-state index contributed by atoms with van der Waals surface area (Å²) in [5, 5.41) is 15.8. The summed E-state index contributed by atoms with van der Waals surface area (Å²) >= 11 is 6.14. The second-order valence-electron chi connectivity index (χ2n) is 7.32. The standard InChI is InChI=1S/C23H18ClN5O2/c1-28(14-5-3-4-13(24)10-14)15-6-7-16-18(11-15)27-29(2)22(16)20-12-19-21(26-20)17(23(30)31)8-9-25-19/h3-12,26H,1-2H3,(H,30,31). The molecule has 0 aliphatic rings. The van der Waals surface area contributed by atoms with E-state index in [1.54, 1.807) is 4.68 Å². The molecule has 2 N–H and O–H groups in total. The van der Waals surface area contributed by atoms with E-state index in [-0.39, 0.29) is 5.56 Å². The van der Waals surface area contributed by atoms with E-state index < -0.39 is 5.97 Å². The largest absolute Gasteiger partial charge is 0.478 e. The fourth-order valence-corrected chi connectivity index (χ4v) is 4.07. The number of anilines is 2. The summed E-state index contributed by atoms with van der Waals surface area (Å²) in [6.07, 6.45) is 1.50. The smallest absolute Gasteiger partial charge is 0.337 e. The number of halogens is 1. The van der Waals surface area contributed by atoms with E-state index in [1.165, 1.54) is 12.3 Å². The zero-order chi connectivity index (χ0) is 21.7. The number of nitrogens with one attached hydrogen (secondary N) is 1. The second-order valence-corrected chi connectivity index (χ2v) is 7.76. The number of aromatic nitrogens is 4. The fourth-order valence-electron chi connectivity index (χ4n) is 3.88. The molecular formula is C23H18ClN5O2. The fraction of sp³-hybridized carbons (Fsp3) is 0.0870. The molecule has 0 saturated carbocycles. The van der Waals surface area contributed by atoms with Gasteiger partial charge in [0.1, 0.15) is 0 Å². The Kier molecular flexibility index (Phi) is 4.41. The van der Waals surface area contributed by atoms with Crippen molar-refractivity contribution in [2.24, 2.45) is 7.05 Å². The van der Waals surface area contributed by atoms with Crippen molar-refractivity contribution < 1.29 is 9.90 Å². The maximum absolute atomic E-state index is 11.6. The van der Waals surface area contributed by atoms with Crippen LogP contribution in [-0.4, -0.2) is 37.9 Å². The van der Waals surface area contributed by atoms with E-state index in [0.29, 0.717) is 16.1 Å². The van der Waals surface area contributed by atoms with Crippen LogP contribution in [0.1, 0.15) is 10.4 Å². The lowest BCUT2D eigenvalue weighted by molar-refractivity contribution is 0.0698. The van der Waals surface area contributed by atoms with Gasteiger partial charge in [0.2, 0.25) is 0 Å². The lowest BCUT2D eigenvalue weighted by Gasteiger charge is -2.19. The van der Waals surface area contributed by atoms with Crippen molar-refractivity contribution in [3.8, 4) is 11.4 Å². The van der Waals surface area contributed by atoms with E-state index in [9.17, 15) is 9.90 Å². The van der Waals surface area contributed by atoms with Crippen LogP contribution in [-0.2, 0) is 7.05 Å². The molecule has 5 aromatic rings. The van der Waals surface area contributed by atoms with E-state index in [1.807, 2.05) is 67.5 Å². The van der Waals surface area contributed by atoms with Crippen LogP contribution in [0.2, 0.25) is 5.02 Å². The maximum atomic E-state index is 11.6. The Balaban J connectivity index is 1.61. The Hall–Kier alpha value is -3.84. The Labute approximate surface area is 182 Å². The number of hydrogen-bond donors (Lipinski definition) is 2. The van der Waals surface area contributed by atoms with Gasteiger partial charge >= 0.3 is 5.97 Å². The summed E-state index contributed by atoms with van der Waals surface area (Å²) in [7, 11) is 3.85. The number of carboxylic acids is 1. The summed E-state index contributed by atoms with van der Waals surface area (Å²) in [5.41, 5.74) is 5.69. The highest BCUT2D eigenvalue weighted by Gasteiger charge is 2.18. The van der Waals surface area contributed by atoms with Crippen molar-refractivity contribution in [2.45, 2.75) is 0 Å². The number of carbonyl (C=O) groups is 1. The molecule has 0 aliphatic carbocycles. The first-order valence-corrected chi connectivity index (χ1v) is 9.97. The van der Waals surface area contributed by atoms with Gasteiger partial charge in [0.25, 0.3) is 0 Å². The highest BCUT2D eigenvalue weighted by Crippen LogP contribution is 2.34. The molecule has 31 heavy (non-hydrogen) atoms. The third-order valence-corrected chi connectivity index (χ3v) is 5.64. The number of carboxylic acid groups (broad SMARTS) is 1. The molecule has 5 rings (SSSR count).